The zero-order valence-electron chi connectivity index (χ0n) is 13.4. The van der Waals surface area contributed by atoms with Crippen LogP contribution in [0.25, 0.3) is 0 Å². The molecule has 2 aliphatic rings. The highest BCUT2D eigenvalue weighted by atomic mass is 16.5. The van der Waals surface area contributed by atoms with Gasteiger partial charge in [-0.15, -0.1) is 0 Å². The Hall–Kier alpha value is -1.51. The summed E-state index contributed by atoms with van der Waals surface area (Å²) < 4.78 is 12.3. The van der Waals surface area contributed by atoms with Crippen molar-refractivity contribution in [3.63, 3.8) is 0 Å². The third-order valence-electron chi connectivity index (χ3n) is 5.13. The normalized spacial score (nSPS) is 25.0. The van der Waals surface area contributed by atoms with E-state index in [-0.39, 0.29) is 17.1 Å². The number of carbonyl (C=O) groups is 1. The van der Waals surface area contributed by atoms with Gasteiger partial charge in [-0.2, -0.15) is 0 Å². The summed E-state index contributed by atoms with van der Waals surface area (Å²) in [4.78, 5) is 12.0. The zero-order valence-corrected chi connectivity index (χ0v) is 13.4. The fourth-order valence-corrected chi connectivity index (χ4v) is 3.70. The Labute approximate surface area is 126 Å². The lowest BCUT2D eigenvalue weighted by atomic mass is 9.61. The van der Waals surface area contributed by atoms with Gasteiger partial charge in [0, 0.05) is 18.4 Å². The summed E-state index contributed by atoms with van der Waals surface area (Å²) in [6.45, 7) is 8.33. The van der Waals surface area contributed by atoms with E-state index in [1.54, 1.807) is 0 Å². The predicted octanol–water partition coefficient (Wildman–Crippen LogP) is 3.93. The van der Waals surface area contributed by atoms with Crippen molar-refractivity contribution in [1.82, 2.24) is 0 Å². The van der Waals surface area contributed by atoms with Crippen LogP contribution in [-0.2, 0) is 11.2 Å². The lowest BCUT2D eigenvalue weighted by molar-refractivity contribution is -0.153. The van der Waals surface area contributed by atoms with E-state index in [0.29, 0.717) is 12.2 Å². The Morgan fingerprint density at radius 2 is 2.00 bits per heavy atom. The van der Waals surface area contributed by atoms with E-state index in [2.05, 4.69) is 33.8 Å². The minimum absolute atomic E-state index is 0.0150. The van der Waals surface area contributed by atoms with Crippen LogP contribution >= 0.6 is 0 Å². The van der Waals surface area contributed by atoms with Gasteiger partial charge in [-0.25, -0.2) is 0 Å². The molecule has 21 heavy (non-hydrogen) atoms. The van der Waals surface area contributed by atoms with Crippen molar-refractivity contribution in [1.29, 1.82) is 0 Å². The molecule has 114 valence electrons. The SMILES string of the molecule is CCC1(CC)C(=O)CC1Oc1cccc2c1OC(C)(C)C2. The van der Waals surface area contributed by atoms with Crippen LogP contribution in [0.4, 0.5) is 0 Å². The number of para-hydroxylation sites is 1. The summed E-state index contributed by atoms with van der Waals surface area (Å²) in [6, 6.07) is 6.06. The van der Waals surface area contributed by atoms with Gasteiger partial charge in [-0.05, 0) is 32.8 Å². The standard InChI is InChI=1S/C18H24O3/c1-5-18(6-2)14(19)10-15(18)20-13-9-7-8-12-11-17(3,4)21-16(12)13/h7-9,15H,5-6,10-11H2,1-4H3. The lowest BCUT2D eigenvalue weighted by Gasteiger charge is -2.46. The Morgan fingerprint density at radius 3 is 2.62 bits per heavy atom. The highest BCUT2D eigenvalue weighted by Gasteiger charge is 2.54. The number of hydrogen-bond donors (Lipinski definition) is 0. The maximum absolute atomic E-state index is 12.0. The van der Waals surface area contributed by atoms with Crippen LogP contribution in [0.15, 0.2) is 18.2 Å². The molecule has 0 N–H and O–H groups in total. The predicted molar refractivity (Wildman–Crippen MR) is 81.9 cm³/mol. The van der Waals surface area contributed by atoms with Crippen molar-refractivity contribution >= 4 is 5.78 Å². The molecule has 1 unspecified atom stereocenters. The lowest BCUT2D eigenvalue weighted by Crippen LogP contribution is -2.56. The Balaban J connectivity index is 1.85. The van der Waals surface area contributed by atoms with Crippen LogP contribution in [0.3, 0.4) is 0 Å². The maximum atomic E-state index is 12.0. The molecule has 0 radical (unpaired) electrons. The summed E-state index contributed by atoms with van der Waals surface area (Å²) >= 11 is 0. The summed E-state index contributed by atoms with van der Waals surface area (Å²) in [5.74, 6) is 2.00. The van der Waals surface area contributed by atoms with E-state index in [9.17, 15) is 4.79 Å². The van der Waals surface area contributed by atoms with Crippen molar-refractivity contribution < 1.29 is 14.3 Å². The second-order valence-electron chi connectivity index (χ2n) is 6.88. The first-order valence-corrected chi connectivity index (χ1v) is 7.93. The van der Waals surface area contributed by atoms with Gasteiger partial charge in [-0.3, -0.25) is 4.79 Å². The molecule has 1 aromatic carbocycles. The molecule has 3 nitrogen and oxygen atoms in total. The van der Waals surface area contributed by atoms with Crippen LogP contribution in [0.1, 0.15) is 52.5 Å². The minimum atomic E-state index is -0.295. The van der Waals surface area contributed by atoms with Crippen LogP contribution in [0, 0.1) is 5.41 Å². The second kappa shape index (κ2) is 4.75. The van der Waals surface area contributed by atoms with Gasteiger partial charge in [0.2, 0.25) is 0 Å². The topological polar surface area (TPSA) is 35.5 Å². The molecule has 1 aliphatic heterocycles. The highest BCUT2D eigenvalue weighted by molar-refractivity contribution is 5.92. The molecule has 0 amide bonds. The van der Waals surface area contributed by atoms with Gasteiger partial charge < -0.3 is 9.47 Å². The first kappa shape index (κ1) is 14.4. The minimum Gasteiger partial charge on any atom is -0.485 e. The first-order valence-electron chi connectivity index (χ1n) is 7.93. The van der Waals surface area contributed by atoms with Crippen LogP contribution in [0.5, 0.6) is 11.5 Å². The highest BCUT2D eigenvalue weighted by Crippen LogP contribution is 2.48. The van der Waals surface area contributed by atoms with Crippen molar-refractivity contribution in [3.05, 3.63) is 23.8 Å². The van der Waals surface area contributed by atoms with Gasteiger partial charge in [-0.1, -0.05) is 26.0 Å². The molecular weight excluding hydrogens is 264 g/mol. The first-order chi connectivity index (χ1) is 9.92. The molecule has 1 heterocycles. The van der Waals surface area contributed by atoms with E-state index >= 15 is 0 Å². The van der Waals surface area contributed by atoms with Crippen LogP contribution < -0.4 is 9.47 Å². The number of hydrogen-bond acceptors (Lipinski definition) is 3. The van der Waals surface area contributed by atoms with Gasteiger partial charge in [0.15, 0.2) is 11.5 Å². The molecular formula is C18H24O3. The van der Waals surface area contributed by atoms with Gasteiger partial charge in [0.25, 0.3) is 0 Å². The van der Waals surface area contributed by atoms with E-state index in [0.717, 1.165) is 30.8 Å². The molecule has 0 saturated heterocycles. The Morgan fingerprint density at radius 1 is 1.29 bits per heavy atom. The smallest absolute Gasteiger partial charge is 0.165 e. The van der Waals surface area contributed by atoms with Crippen LogP contribution in [-0.4, -0.2) is 17.5 Å². The average Bonchev–Trinajstić information content (AvgIpc) is 2.74. The number of rotatable bonds is 4. The van der Waals surface area contributed by atoms with Crippen molar-refractivity contribution in [2.75, 3.05) is 0 Å². The summed E-state index contributed by atoms with van der Waals surface area (Å²) in [5, 5.41) is 0. The summed E-state index contributed by atoms with van der Waals surface area (Å²) in [5.41, 5.74) is 0.725. The molecule has 1 fully saturated rings. The van der Waals surface area contributed by atoms with E-state index in [1.807, 2.05) is 12.1 Å². The van der Waals surface area contributed by atoms with Crippen molar-refractivity contribution in [2.24, 2.45) is 5.41 Å². The molecule has 1 aromatic rings. The number of benzene rings is 1. The summed E-state index contributed by atoms with van der Waals surface area (Å²) in [6.07, 6.45) is 3.09. The summed E-state index contributed by atoms with van der Waals surface area (Å²) in [7, 11) is 0. The van der Waals surface area contributed by atoms with Crippen molar-refractivity contribution in [2.45, 2.75) is 65.1 Å². The average molecular weight is 288 g/mol. The fraction of sp³-hybridized carbons (Fsp3) is 0.611. The van der Waals surface area contributed by atoms with E-state index in [4.69, 9.17) is 9.47 Å². The number of Topliss-reactive ketones (excluding diaryl/α,β-unsaturated/α-hetero) is 1. The number of ketones is 1. The van der Waals surface area contributed by atoms with Gasteiger partial charge >= 0.3 is 0 Å². The molecule has 0 bridgehead atoms. The molecule has 0 aromatic heterocycles. The van der Waals surface area contributed by atoms with Crippen LogP contribution in [0.2, 0.25) is 0 Å². The molecule has 1 saturated carbocycles. The Bertz CT molecular complexity index is 570. The molecule has 1 aliphatic carbocycles. The number of fused-ring (bicyclic) bond motifs is 1. The monoisotopic (exact) mass is 288 g/mol. The quantitative estimate of drug-likeness (QED) is 0.842. The number of carbonyl (C=O) groups excluding carboxylic acids is 1. The zero-order chi connectivity index (χ0) is 15.3. The third-order valence-corrected chi connectivity index (χ3v) is 5.13. The van der Waals surface area contributed by atoms with Gasteiger partial charge in [0.1, 0.15) is 17.5 Å². The number of ether oxygens (including phenoxy) is 2. The third kappa shape index (κ3) is 2.14. The fourth-order valence-electron chi connectivity index (χ4n) is 3.70. The second-order valence-corrected chi connectivity index (χ2v) is 6.88. The van der Waals surface area contributed by atoms with E-state index in [1.165, 1.54) is 5.56 Å². The Kier molecular flexibility index (Phi) is 3.27. The molecule has 3 rings (SSSR count). The van der Waals surface area contributed by atoms with Gasteiger partial charge in [0.05, 0.1) is 5.41 Å². The molecule has 1 atom stereocenters. The van der Waals surface area contributed by atoms with E-state index < -0.39 is 0 Å². The maximum Gasteiger partial charge on any atom is 0.165 e. The largest absolute Gasteiger partial charge is 0.485 e. The molecule has 0 spiro atoms. The van der Waals surface area contributed by atoms with Crippen molar-refractivity contribution in [3.8, 4) is 11.5 Å². The molecule has 3 heteroatoms.